The van der Waals surface area contributed by atoms with Crippen molar-refractivity contribution in [1.29, 1.82) is 5.41 Å². The molecule has 7 nitrogen and oxygen atoms in total. The number of nitrogens with one attached hydrogen (secondary N) is 2. The van der Waals surface area contributed by atoms with E-state index in [0.717, 1.165) is 27.1 Å². The van der Waals surface area contributed by atoms with E-state index in [1.165, 1.54) is 10.8 Å². The molecule has 0 bridgehead atoms. The number of tetrazole rings is 1. The van der Waals surface area contributed by atoms with Gasteiger partial charge in [-0.25, -0.2) is 0 Å². The number of benzene rings is 4. The Bertz CT molecular complexity index is 1310. The maximum absolute atomic E-state index is 7.93. The van der Waals surface area contributed by atoms with Crippen LogP contribution in [0.15, 0.2) is 60.7 Å². The molecule has 0 aliphatic carbocycles. The minimum Gasteiger partial charge on any atom is -0.412 e. The summed E-state index contributed by atoms with van der Waals surface area (Å²) in [5, 5.41) is 28.7. The normalized spacial score (nSPS) is 11.0. The second kappa shape index (κ2) is 6.15. The van der Waals surface area contributed by atoms with Gasteiger partial charge in [0.1, 0.15) is 5.84 Å². The highest BCUT2D eigenvalue weighted by molar-refractivity contribution is 6.15. The number of nitrogens with two attached hydrogens (primary N) is 1. The second-order valence-corrected chi connectivity index (χ2v) is 6.25. The van der Waals surface area contributed by atoms with Crippen molar-refractivity contribution in [2.45, 2.75) is 0 Å². The van der Waals surface area contributed by atoms with Gasteiger partial charge in [0.2, 0.25) is 5.82 Å². The largest absolute Gasteiger partial charge is 0.412 e. The molecule has 0 unspecified atom stereocenters. The van der Waals surface area contributed by atoms with Gasteiger partial charge in [-0.15, -0.1) is 10.2 Å². The van der Waals surface area contributed by atoms with Gasteiger partial charge in [0.25, 0.3) is 0 Å². The Kier molecular flexibility index (Phi) is 3.79. The van der Waals surface area contributed by atoms with E-state index < -0.39 is 0 Å². The molecule has 0 atom stereocenters. The molecule has 0 amide bonds. The molecule has 4 aromatic carbocycles. The average molecular weight is 356 g/mol. The lowest BCUT2D eigenvalue weighted by molar-refractivity contribution is 0.824. The topological polar surface area (TPSA) is 136 Å². The zero-order chi connectivity index (χ0) is 17.7. The molecule has 132 valence electrons. The van der Waals surface area contributed by atoms with Gasteiger partial charge in [-0.05, 0) is 73.9 Å². The molecule has 0 spiro atoms. The van der Waals surface area contributed by atoms with Crippen molar-refractivity contribution in [2.75, 3.05) is 0 Å². The Morgan fingerprint density at radius 3 is 2.11 bits per heavy atom. The molecule has 0 fully saturated rings. The highest BCUT2D eigenvalue weighted by Crippen LogP contribution is 2.33. The van der Waals surface area contributed by atoms with Gasteiger partial charge < -0.3 is 11.2 Å². The lowest BCUT2D eigenvalue weighted by Gasteiger charge is -2.11. The van der Waals surface area contributed by atoms with Gasteiger partial charge in [-0.2, -0.15) is 5.21 Å². The molecule has 0 saturated heterocycles. The maximum Gasteiger partial charge on any atom is 0.205 e. The molecule has 1 heterocycles. The summed E-state index contributed by atoms with van der Waals surface area (Å²) in [5.74, 6) is 0.556. The molecule has 6 N–H and O–H groups in total. The third-order valence-corrected chi connectivity index (χ3v) is 4.71. The first-order valence-corrected chi connectivity index (χ1v) is 8.18. The Hall–Kier alpha value is -3.84. The molecule has 0 saturated carbocycles. The third-order valence-electron chi connectivity index (χ3n) is 4.71. The molecule has 0 aliphatic heterocycles. The molecule has 0 aliphatic rings. The number of H-pyrrole nitrogens is 1. The summed E-state index contributed by atoms with van der Waals surface area (Å²) in [6, 6.07) is 20.5. The summed E-state index contributed by atoms with van der Waals surface area (Å²) in [5.41, 5.74) is 7.37. The summed E-state index contributed by atoms with van der Waals surface area (Å²) < 4.78 is 0. The lowest BCUT2D eigenvalue weighted by atomic mass is 9.94. The summed E-state index contributed by atoms with van der Waals surface area (Å²) in [4.78, 5) is 0. The highest BCUT2D eigenvalue weighted by atomic mass is 16.0. The zero-order valence-corrected chi connectivity index (χ0v) is 14.2. The van der Waals surface area contributed by atoms with Crippen LogP contribution in [-0.4, -0.2) is 31.9 Å². The average Bonchev–Trinajstić information content (AvgIpc) is 3.18. The first kappa shape index (κ1) is 16.6. The predicted octanol–water partition coefficient (Wildman–Crippen LogP) is 2.79. The first-order valence-electron chi connectivity index (χ1n) is 8.18. The first-order chi connectivity index (χ1) is 12.7. The number of hydrogen-bond acceptors (Lipinski definition) is 4. The van der Waals surface area contributed by atoms with Crippen LogP contribution in [-0.2, 0) is 0 Å². The SMILES string of the molecule is N=C(N)c1ccc(-c2nn[nH]n2)c2cc3cc4ccccc4cc3cc12.O. The van der Waals surface area contributed by atoms with Gasteiger partial charge in [0.05, 0.1) is 0 Å². The van der Waals surface area contributed by atoms with Crippen LogP contribution < -0.4 is 5.73 Å². The minimum atomic E-state index is 0. The number of aromatic amines is 1. The minimum absolute atomic E-state index is 0. The van der Waals surface area contributed by atoms with Crippen LogP contribution in [0.3, 0.4) is 0 Å². The number of nitrogen functional groups attached to an aromatic ring is 1. The Morgan fingerprint density at radius 2 is 1.52 bits per heavy atom. The van der Waals surface area contributed by atoms with Crippen LogP contribution in [0.1, 0.15) is 5.56 Å². The fourth-order valence-corrected chi connectivity index (χ4v) is 3.49. The summed E-state index contributed by atoms with van der Waals surface area (Å²) in [7, 11) is 0. The van der Waals surface area contributed by atoms with E-state index in [4.69, 9.17) is 11.1 Å². The number of fused-ring (bicyclic) bond motifs is 3. The predicted molar refractivity (Wildman–Crippen MR) is 107 cm³/mol. The van der Waals surface area contributed by atoms with Gasteiger partial charge in [0, 0.05) is 11.1 Å². The molecular weight excluding hydrogens is 340 g/mol. The maximum atomic E-state index is 7.93. The highest BCUT2D eigenvalue weighted by Gasteiger charge is 2.14. The van der Waals surface area contributed by atoms with E-state index in [1.807, 2.05) is 24.3 Å². The van der Waals surface area contributed by atoms with Crippen LogP contribution in [0.2, 0.25) is 0 Å². The van der Waals surface area contributed by atoms with Crippen LogP contribution in [0.25, 0.3) is 43.7 Å². The molecule has 27 heavy (non-hydrogen) atoms. The fraction of sp³-hybridized carbons (Fsp3) is 0. The smallest absolute Gasteiger partial charge is 0.205 e. The number of nitrogens with zero attached hydrogens (tertiary/aromatic N) is 3. The molecular formula is C20H16N6O. The number of hydrogen-bond donors (Lipinski definition) is 3. The summed E-state index contributed by atoms with van der Waals surface area (Å²) in [6.45, 7) is 0. The zero-order valence-electron chi connectivity index (χ0n) is 14.2. The quantitative estimate of drug-likeness (QED) is 0.254. The van der Waals surface area contributed by atoms with Crippen molar-refractivity contribution in [3.63, 3.8) is 0 Å². The molecule has 0 radical (unpaired) electrons. The summed E-state index contributed by atoms with van der Waals surface area (Å²) in [6.07, 6.45) is 0. The van der Waals surface area contributed by atoms with Crippen molar-refractivity contribution >= 4 is 38.2 Å². The van der Waals surface area contributed by atoms with Crippen molar-refractivity contribution in [2.24, 2.45) is 5.73 Å². The summed E-state index contributed by atoms with van der Waals surface area (Å²) >= 11 is 0. The van der Waals surface area contributed by atoms with Crippen molar-refractivity contribution in [3.8, 4) is 11.4 Å². The number of rotatable bonds is 2. The van der Waals surface area contributed by atoms with Crippen molar-refractivity contribution < 1.29 is 5.48 Å². The van der Waals surface area contributed by atoms with Crippen LogP contribution >= 0.6 is 0 Å². The molecule has 7 heteroatoms. The van der Waals surface area contributed by atoms with E-state index in [9.17, 15) is 0 Å². The fourth-order valence-electron chi connectivity index (χ4n) is 3.49. The second-order valence-electron chi connectivity index (χ2n) is 6.25. The van der Waals surface area contributed by atoms with Crippen molar-refractivity contribution in [3.05, 3.63) is 66.2 Å². The van der Waals surface area contributed by atoms with Crippen LogP contribution in [0.5, 0.6) is 0 Å². The standard InChI is InChI=1S/C20H14N6.H2O/c21-19(22)15-5-6-16(20-23-25-26-24-20)18-10-14-8-12-4-2-1-3-11(12)7-13(14)9-17(15)18;/h1-10H,(H3,21,22)(H,23,24,25,26);1H2. The van der Waals surface area contributed by atoms with Gasteiger partial charge in [-0.3, -0.25) is 5.41 Å². The van der Waals surface area contributed by atoms with Gasteiger partial charge in [-0.1, -0.05) is 24.3 Å². The monoisotopic (exact) mass is 356 g/mol. The van der Waals surface area contributed by atoms with Crippen LogP contribution in [0, 0.1) is 5.41 Å². The van der Waals surface area contributed by atoms with E-state index >= 15 is 0 Å². The van der Waals surface area contributed by atoms with Crippen LogP contribution in [0.4, 0.5) is 0 Å². The Balaban J connectivity index is 0.00000180. The molecule has 5 rings (SSSR count). The Morgan fingerprint density at radius 1 is 0.852 bits per heavy atom. The number of aromatic nitrogens is 4. The van der Waals surface area contributed by atoms with Crippen molar-refractivity contribution in [1.82, 2.24) is 20.6 Å². The molecule has 1 aromatic heterocycles. The lowest BCUT2D eigenvalue weighted by Crippen LogP contribution is -2.11. The Labute approximate surface area is 153 Å². The van der Waals surface area contributed by atoms with E-state index in [1.54, 1.807) is 0 Å². The molecule has 5 aromatic rings. The van der Waals surface area contributed by atoms with E-state index in [0.29, 0.717) is 11.4 Å². The third kappa shape index (κ3) is 2.57. The van der Waals surface area contributed by atoms with E-state index in [-0.39, 0.29) is 11.3 Å². The van der Waals surface area contributed by atoms with Gasteiger partial charge in [0.15, 0.2) is 0 Å². The number of amidine groups is 1. The van der Waals surface area contributed by atoms with Gasteiger partial charge >= 0.3 is 0 Å². The van der Waals surface area contributed by atoms with E-state index in [2.05, 4.69) is 57.0 Å².